The van der Waals surface area contributed by atoms with E-state index in [1.165, 1.54) is 57.8 Å². The summed E-state index contributed by atoms with van der Waals surface area (Å²) in [6.45, 7) is 5.29. The summed E-state index contributed by atoms with van der Waals surface area (Å²) in [7, 11) is 0. The molecule has 4 rings (SSSR count). The van der Waals surface area contributed by atoms with Crippen LogP contribution in [0.15, 0.2) is 12.4 Å². The summed E-state index contributed by atoms with van der Waals surface area (Å²) in [4.78, 5) is 11.3. The Balaban J connectivity index is 1.15. The highest BCUT2D eigenvalue weighted by Gasteiger charge is 2.43. The lowest BCUT2D eigenvalue weighted by atomic mass is 9.90. The maximum absolute atomic E-state index is 6.13. The van der Waals surface area contributed by atoms with Crippen molar-refractivity contribution in [2.75, 3.05) is 24.6 Å². The fourth-order valence-electron chi connectivity index (χ4n) is 4.87. The zero-order valence-electron chi connectivity index (χ0n) is 15.7. The van der Waals surface area contributed by atoms with Gasteiger partial charge in [-0.3, -0.25) is 0 Å². The number of rotatable bonds is 6. The van der Waals surface area contributed by atoms with Crippen LogP contribution in [0.2, 0.25) is 0 Å². The zero-order chi connectivity index (χ0) is 17.1. The molecule has 0 unspecified atom stereocenters. The minimum absolute atomic E-state index is 0.573. The molecule has 2 saturated carbocycles. The van der Waals surface area contributed by atoms with Gasteiger partial charge in [0.1, 0.15) is 0 Å². The van der Waals surface area contributed by atoms with Crippen molar-refractivity contribution in [1.82, 2.24) is 9.97 Å². The van der Waals surface area contributed by atoms with Crippen molar-refractivity contribution in [3.8, 4) is 0 Å². The maximum atomic E-state index is 6.13. The van der Waals surface area contributed by atoms with Gasteiger partial charge in [0.05, 0.1) is 6.10 Å². The highest BCUT2D eigenvalue weighted by molar-refractivity contribution is 5.30. The van der Waals surface area contributed by atoms with E-state index in [1.807, 2.05) is 19.3 Å². The average Bonchev–Trinajstić information content (AvgIpc) is 3.43. The lowest BCUT2D eigenvalue weighted by Crippen LogP contribution is -2.35. The molecule has 0 spiro atoms. The minimum atomic E-state index is 0.573. The maximum Gasteiger partial charge on any atom is 0.225 e. The minimum Gasteiger partial charge on any atom is -0.378 e. The van der Waals surface area contributed by atoms with Gasteiger partial charge in [-0.15, -0.1) is 0 Å². The fourth-order valence-corrected chi connectivity index (χ4v) is 4.87. The van der Waals surface area contributed by atoms with Gasteiger partial charge in [0.25, 0.3) is 0 Å². The SMILES string of the molecule is Cc1cnc(N2CCC([C@H]3C[C@H]3CCOC3CCCCC3)CC2)nc1. The van der Waals surface area contributed by atoms with Crippen molar-refractivity contribution in [3.05, 3.63) is 18.0 Å². The molecule has 4 nitrogen and oxygen atoms in total. The molecule has 138 valence electrons. The third-order valence-corrected chi connectivity index (χ3v) is 6.57. The molecule has 3 fully saturated rings. The first-order valence-electron chi connectivity index (χ1n) is 10.4. The van der Waals surface area contributed by atoms with E-state index in [0.717, 1.165) is 49.0 Å². The molecule has 0 N–H and O–H groups in total. The van der Waals surface area contributed by atoms with Crippen molar-refractivity contribution < 1.29 is 4.74 Å². The first-order valence-corrected chi connectivity index (χ1v) is 10.4. The molecule has 4 heteroatoms. The van der Waals surface area contributed by atoms with E-state index in [0.29, 0.717) is 6.10 Å². The van der Waals surface area contributed by atoms with Crippen LogP contribution >= 0.6 is 0 Å². The zero-order valence-corrected chi connectivity index (χ0v) is 15.7. The topological polar surface area (TPSA) is 38.2 Å². The number of hydrogen-bond donors (Lipinski definition) is 0. The predicted octanol–water partition coefficient (Wildman–Crippen LogP) is 4.38. The van der Waals surface area contributed by atoms with Crippen LogP contribution < -0.4 is 4.90 Å². The highest BCUT2D eigenvalue weighted by atomic mass is 16.5. The van der Waals surface area contributed by atoms with E-state index >= 15 is 0 Å². The Morgan fingerprint density at radius 1 is 1.04 bits per heavy atom. The van der Waals surface area contributed by atoms with Gasteiger partial charge < -0.3 is 9.64 Å². The molecule has 3 aliphatic rings. The molecule has 1 aromatic heterocycles. The monoisotopic (exact) mass is 343 g/mol. The molecule has 1 aromatic rings. The number of aromatic nitrogens is 2. The number of aryl methyl sites for hydroxylation is 1. The summed E-state index contributed by atoms with van der Waals surface area (Å²) in [6, 6.07) is 0. The van der Waals surface area contributed by atoms with Crippen molar-refractivity contribution in [1.29, 1.82) is 0 Å². The highest BCUT2D eigenvalue weighted by Crippen LogP contribution is 2.49. The molecule has 0 aromatic carbocycles. The van der Waals surface area contributed by atoms with Crippen LogP contribution in [0.1, 0.15) is 63.4 Å². The molecule has 2 atom stereocenters. The number of nitrogens with zero attached hydrogens (tertiary/aromatic N) is 3. The second kappa shape index (κ2) is 8.03. The van der Waals surface area contributed by atoms with Crippen LogP contribution in [-0.2, 0) is 4.74 Å². The lowest BCUT2D eigenvalue weighted by molar-refractivity contribution is 0.0243. The summed E-state index contributed by atoms with van der Waals surface area (Å²) in [6.07, 6.45) is 16.5. The van der Waals surface area contributed by atoms with Gasteiger partial charge in [0.15, 0.2) is 0 Å². The molecule has 0 radical (unpaired) electrons. The normalized spacial score (nSPS) is 28.3. The quantitative estimate of drug-likeness (QED) is 0.768. The van der Waals surface area contributed by atoms with Gasteiger partial charge in [0.2, 0.25) is 5.95 Å². The van der Waals surface area contributed by atoms with Crippen LogP contribution in [0.3, 0.4) is 0 Å². The Hall–Kier alpha value is -1.16. The Labute approximate surface area is 152 Å². The van der Waals surface area contributed by atoms with Crippen LogP contribution in [0.5, 0.6) is 0 Å². The van der Waals surface area contributed by atoms with E-state index in [1.54, 1.807) is 0 Å². The number of piperidine rings is 1. The van der Waals surface area contributed by atoms with E-state index in [-0.39, 0.29) is 0 Å². The number of ether oxygens (including phenoxy) is 1. The summed E-state index contributed by atoms with van der Waals surface area (Å²) in [5.74, 6) is 3.74. The second-order valence-corrected chi connectivity index (χ2v) is 8.46. The van der Waals surface area contributed by atoms with Crippen LogP contribution in [0.4, 0.5) is 5.95 Å². The van der Waals surface area contributed by atoms with Crippen LogP contribution in [0, 0.1) is 24.7 Å². The van der Waals surface area contributed by atoms with E-state index in [9.17, 15) is 0 Å². The smallest absolute Gasteiger partial charge is 0.225 e. The Morgan fingerprint density at radius 2 is 1.76 bits per heavy atom. The first kappa shape index (κ1) is 17.3. The van der Waals surface area contributed by atoms with Gasteiger partial charge in [-0.1, -0.05) is 19.3 Å². The van der Waals surface area contributed by atoms with Gasteiger partial charge in [-0.2, -0.15) is 0 Å². The van der Waals surface area contributed by atoms with Gasteiger partial charge in [0, 0.05) is 32.1 Å². The van der Waals surface area contributed by atoms with Gasteiger partial charge >= 0.3 is 0 Å². The van der Waals surface area contributed by atoms with Crippen LogP contribution in [-0.4, -0.2) is 35.8 Å². The van der Waals surface area contributed by atoms with Gasteiger partial charge in [-0.25, -0.2) is 9.97 Å². The van der Waals surface area contributed by atoms with E-state index < -0.39 is 0 Å². The lowest BCUT2D eigenvalue weighted by Gasteiger charge is -2.32. The molecule has 2 aliphatic carbocycles. The fraction of sp³-hybridized carbons (Fsp3) is 0.810. The molecule has 0 bridgehead atoms. The molecule has 2 heterocycles. The largest absolute Gasteiger partial charge is 0.378 e. The standard InChI is InChI=1S/C21H33N3O/c1-16-14-22-21(23-15-16)24-10-7-17(8-11-24)20-13-18(20)9-12-25-19-5-3-2-4-6-19/h14-15,17-20H,2-13H2,1H3/t18-,20-/m1/s1. The number of anilines is 1. The van der Waals surface area contributed by atoms with Gasteiger partial charge in [-0.05, 0) is 68.8 Å². The third-order valence-electron chi connectivity index (χ3n) is 6.57. The predicted molar refractivity (Wildman–Crippen MR) is 101 cm³/mol. The molecule has 0 amide bonds. The molecule has 1 saturated heterocycles. The van der Waals surface area contributed by atoms with E-state index in [4.69, 9.17) is 4.74 Å². The molecular formula is C21H33N3O. The molecule has 1 aliphatic heterocycles. The summed E-state index contributed by atoms with van der Waals surface area (Å²) >= 11 is 0. The molecule has 25 heavy (non-hydrogen) atoms. The van der Waals surface area contributed by atoms with Crippen molar-refractivity contribution >= 4 is 5.95 Å². The summed E-state index contributed by atoms with van der Waals surface area (Å²) in [5.41, 5.74) is 1.13. The molecular weight excluding hydrogens is 310 g/mol. The Kier molecular flexibility index (Phi) is 5.54. The summed E-state index contributed by atoms with van der Waals surface area (Å²) in [5, 5.41) is 0. The second-order valence-electron chi connectivity index (χ2n) is 8.46. The van der Waals surface area contributed by atoms with Crippen molar-refractivity contribution in [2.24, 2.45) is 17.8 Å². The third kappa shape index (κ3) is 4.52. The Morgan fingerprint density at radius 3 is 2.48 bits per heavy atom. The van der Waals surface area contributed by atoms with Crippen LogP contribution in [0.25, 0.3) is 0 Å². The van der Waals surface area contributed by atoms with E-state index in [2.05, 4.69) is 14.9 Å². The Bertz CT molecular complexity index is 533. The van der Waals surface area contributed by atoms with Crippen molar-refractivity contribution in [3.63, 3.8) is 0 Å². The number of hydrogen-bond acceptors (Lipinski definition) is 4. The van der Waals surface area contributed by atoms with Crippen molar-refractivity contribution in [2.45, 2.75) is 70.8 Å². The summed E-state index contributed by atoms with van der Waals surface area (Å²) < 4.78 is 6.13. The average molecular weight is 344 g/mol. The first-order chi connectivity index (χ1) is 12.3.